The van der Waals surface area contributed by atoms with Crippen LogP contribution in [-0.4, -0.2) is 42.3 Å². The van der Waals surface area contributed by atoms with Crippen molar-refractivity contribution < 1.29 is 5.11 Å². The highest BCUT2D eigenvalue weighted by Crippen LogP contribution is 2.39. The van der Waals surface area contributed by atoms with Gasteiger partial charge in [-0.1, -0.05) is 37.5 Å². The molecule has 0 amide bonds. The van der Waals surface area contributed by atoms with E-state index in [4.69, 9.17) is 4.99 Å². The van der Waals surface area contributed by atoms with E-state index in [0.29, 0.717) is 0 Å². The smallest absolute Gasteiger partial charge is 0.191 e. The van der Waals surface area contributed by atoms with E-state index in [2.05, 4.69) is 52.9 Å². The summed E-state index contributed by atoms with van der Waals surface area (Å²) in [6.45, 7) is 4.85. The lowest BCUT2D eigenvalue weighted by molar-refractivity contribution is 0.137. The molecule has 1 aliphatic rings. The Morgan fingerprint density at radius 2 is 1.96 bits per heavy atom. The Kier molecular flexibility index (Phi) is 9.58. The van der Waals surface area contributed by atoms with Gasteiger partial charge in [0, 0.05) is 43.9 Å². The van der Waals surface area contributed by atoms with Crippen LogP contribution in [0.5, 0.6) is 0 Å². The molecular weight excluding hydrogens is 463 g/mol. The van der Waals surface area contributed by atoms with Crippen LogP contribution in [0.4, 0.5) is 0 Å². The first-order valence-electron chi connectivity index (χ1n) is 10.4. The van der Waals surface area contributed by atoms with Crippen LogP contribution in [0, 0.1) is 5.41 Å². The predicted molar refractivity (Wildman–Crippen MR) is 129 cm³/mol. The first-order valence-corrected chi connectivity index (χ1v) is 10.4. The summed E-state index contributed by atoms with van der Waals surface area (Å²) in [6, 6.07) is 10.6. The lowest BCUT2D eigenvalue weighted by Crippen LogP contribution is -2.40. The first kappa shape index (κ1) is 23.0. The van der Waals surface area contributed by atoms with Gasteiger partial charge in [-0.25, -0.2) is 0 Å². The maximum Gasteiger partial charge on any atom is 0.191 e. The third-order valence-corrected chi connectivity index (χ3v) is 5.75. The number of aromatic amines is 1. The van der Waals surface area contributed by atoms with E-state index in [9.17, 15) is 5.11 Å². The highest BCUT2D eigenvalue weighted by Gasteiger charge is 2.31. The summed E-state index contributed by atoms with van der Waals surface area (Å²) in [5, 5.41) is 17.6. The molecule has 4 N–H and O–H groups in total. The number of nitrogens with zero attached hydrogens (tertiary/aromatic N) is 1. The Labute approximate surface area is 185 Å². The van der Waals surface area contributed by atoms with Gasteiger partial charge in [-0.3, -0.25) is 4.99 Å². The summed E-state index contributed by atoms with van der Waals surface area (Å²) >= 11 is 0. The largest absolute Gasteiger partial charge is 0.396 e. The molecule has 0 unspecified atom stereocenters. The van der Waals surface area contributed by atoms with Crippen molar-refractivity contribution >= 4 is 40.8 Å². The van der Waals surface area contributed by atoms with E-state index in [-0.39, 0.29) is 36.0 Å². The minimum absolute atomic E-state index is 0. The van der Waals surface area contributed by atoms with Crippen LogP contribution in [0.2, 0.25) is 0 Å². The molecule has 0 bridgehead atoms. The van der Waals surface area contributed by atoms with Gasteiger partial charge in [-0.2, -0.15) is 0 Å². The number of halogens is 1. The Bertz CT molecular complexity index is 698. The summed E-state index contributed by atoms with van der Waals surface area (Å²) < 4.78 is 0. The Hall–Kier alpha value is -1.28. The minimum atomic E-state index is 0. The average Bonchev–Trinajstić information content (AvgIpc) is 3.10. The maximum atomic E-state index is 9.50. The second kappa shape index (κ2) is 11.7. The molecule has 3 rings (SSSR count). The molecule has 1 heterocycles. The number of aliphatic hydroxyl groups is 1. The Morgan fingerprint density at radius 1 is 1.18 bits per heavy atom. The highest BCUT2D eigenvalue weighted by atomic mass is 127. The lowest BCUT2D eigenvalue weighted by Gasteiger charge is -2.35. The van der Waals surface area contributed by atoms with Gasteiger partial charge in [-0.05, 0) is 49.1 Å². The minimum Gasteiger partial charge on any atom is -0.396 e. The number of aliphatic imine (C=N–C) groups is 1. The van der Waals surface area contributed by atoms with Crippen LogP contribution >= 0.6 is 24.0 Å². The normalized spacial score (nSPS) is 16.6. The molecule has 156 valence electrons. The van der Waals surface area contributed by atoms with Crippen LogP contribution in [0.25, 0.3) is 10.9 Å². The van der Waals surface area contributed by atoms with E-state index in [1.54, 1.807) is 0 Å². The topological polar surface area (TPSA) is 72.4 Å². The molecule has 28 heavy (non-hydrogen) atoms. The average molecular weight is 498 g/mol. The van der Waals surface area contributed by atoms with Crippen molar-refractivity contribution in [2.75, 3.05) is 26.2 Å². The van der Waals surface area contributed by atoms with E-state index < -0.39 is 0 Å². The van der Waals surface area contributed by atoms with Gasteiger partial charge in [0.05, 0.1) is 0 Å². The van der Waals surface area contributed by atoms with Crippen molar-refractivity contribution in [1.29, 1.82) is 0 Å². The maximum absolute atomic E-state index is 9.50. The van der Waals surface area contributed by atoms with E-state index in [1.807, 2.05) is 0 Å². The number of fused-ring (bicyclic) bond motifs is 1. The molecule has 2 aromatic rings. The van der Waals surface area contributed by atoms with Gasteiger partial charge in [0.2, 0.25) is 0 Å². The molecule has 0 spiro atoms. The number of para-hydroxylation sites is 1. The molecule has 1 fully saturated rings. The molecule has 5 nitrogen and oxygen atoms in total. The molecule has 0 saturated heterocycles. The molecule has 1 aliphatic carbocycles. The van der Waals surface area contributed by atoms with E-state index >= 15 is 0 Å². The predicted octanol–water partition coefficient (Wildman–Crippen LogP) is 4.22. The molecule has 6 heteroatoms. The zero-order valence-electron chi connectivity index (χ0n) is 17.0. The highest BCUT2D eigenvalue weighted by molar-refractivity contribution is 14.0. The third-order valence-electron chi connectivity index (χ3n) is 5.75. The number of nitrogens with one attached hydrogen (secondary N) is 3. The number of aromatic nitrogens is 1. The van der Waals surface area contributed by atoms with Crippen LogP contribution < -0.4 is 10.6 Å². The lowest BCUT2D eigenvalue weighted by atomic mass is 9.72. The number of hydrogen-bond donors (Lipinski definition) is 4. The number of aliphatic hydroxyl groups excluding tert-OH is 1. The molecule has 1 aromatic carbocycles. The fraction of sp³-hybridized carbons (Fsp3) is 0.591. The van der Waals surface area contributed by atoms with Crippen molar-refractivity contribution in [3.8, 4) is 0 Å². The van der Waals surface area contributed by atoms with Crippen molar-refractivity contribution in [3.05, 3.63) is 36.0 Å². The second-order valence-corrected chi connectivity index (χ2v) is 7.79. The van der Waals surface area contributed by atoms with Gasteiger partial charge in [0.15, 0.2) is 5.96 Å². The van der Waals surface area contributed by atoms with Gasteiger partial charge >= 0.3 is 0 Å². The molecule has 1 saturated carbocycles. The van der Waals surface area contributed by atoms with Gasteiger partial charge in [0.1, 0.15) is 0 Å². The summed E-state index contributed by atoms with van der Waals surface area (Å²) in [5.41, 5.74) is 2.62. The zero-order valence-corrected chi connectivity index (χ0v) is 19.3. The van der Waals surface area contributed by atoms with Gasteiger partial charge in [-0.15, -0.1) is 24.0 Å². The summed E-state index contributed by atoms with van der Waals surface area (Å²) in [7, 11) is 0. The SMILES string of the molecule is CCNC(=NCC1(CCO)CCCCC1)NCCc1cc2ccccc2[nH]1.I. The van der Waals surface area contributed by atoms with Crippen LogP contribution in [-0.2, 0) is 6.42 Å². The number of benzene rings is 1. The van der Waals surface area contributed by atoms with E-state index in [0.717, 1.165) is 38.4 Å². The van der Waals surface area contributed by atoms with Crippen LogP contribution in [0.3, 0.4) is 0 Å². The Balaban J connectivity index is 0.00000280. The number of H-pyrrole nitrogens is 1. The van der Waals surface area contributed by atoms with Gasteiger partial charge in [0.25, 0.3) is 0 Å². The van der Waals surface area contributed by atoms with Crippen LogP contribution in [0.15, 0.2) is 35.3 Å². The molecule has 0 aliphatic heterocycles. The summed E-state index contributed by atoms with van der Waals surface area (Å²) in [6.07, 6.45) is 8.02. The fourth-order valence-electron chi connectivity index (χ4n) is 4.20. The summed E-state index contributed by atoms with van der Waals surface area (Å²) in [4.78, 5) is 8.35. The van der Waals surface area contributed by atoms with Crippen molar-refractivity contribution in [1.82, 2.24) is 15.6 Å². The molecular formula is C22H35IN4O. The number of guanidine groups is 1. The molecule has 0 radical (unpaired) electrons. The quantitative estimate of drug-likeness (QED) is 0.250. The van der Waals surface area contributed by atoms with Crippen LogP contribution in [0.1, 0.15) is 51.1 Å². The fourth-order valence-corrected chi connectivity index (χ4v) is 4.20. The number of hydrogen-bond acceptors (Lipinski definition) is 2. The molecule has 0 atom stereocenters. The second-order valence-electron chi connectivity index (χ2n) is 7.79. The third kappa shape index (κ3) is 6.37. The number of rotatable bonds is 8. The summed E-state index contributed by atoms with van der Waals surface area (Å²) in [5.74, 6) is 0.886. The van der Waals surface area contributed by atoms with Crippen molar-refractivity contribution in [2.45, 2.75) is 51.9 Å². The first-order chi connectivity index (χ1) is 13.2. The standard InChI is InChI=1S/C22H34N4O.HI/c1-2-23-21(25-17-22(13-15-27)11-6-3-7-12-22)24-14-10-19-16-18-8-4-5-9-20(18)26-19;/h4-5,8-9,16,26-27H,2-3,6-7,10-15,17H2,1H3,(H2,23,24,25);1H. The van der Waals surface area contributed by atoms with Crippen molar-refractivity contribution in [3.63, 3.8) is 0 Å². The zero-order chi connectivity index (χ0) is 19.0. The molecule has 1 aromatic heterocycles. The van der Waals surface area contributed by atoms with E-state index in [1.165, 1.54) is 48.7 Å². The van der Waals surface area contributed by atoms with Crippen molar-refractivity contribution in [2.24, 2.45) is 10.4 Å². The van der Waals surface area contributed by atoms with Gasteiger partial charge < -0.3 is 20.7 Å². The monoisotopic (exact) mass is 498 g/mol. The Morgan fingerprint density at radius 3 is 2.68 bits per heavy atom.